The molecule has 0 saturated carbocycles. The molecule has 152 valence electrons. The summed E-state index contributed by atoms with van der Waals surface area (Å²) in [5.41, 5.74) is 3.01. The van der Waals surface area contributed by atoms with Crippen molar-refractivity contribution in [2.45, 2.75) is 13.8 Å². The normalized spacial score (nSPS) is 10.8. The van der Waals surface area contributed by atoms with Crippen molar-refractivity contribution in [1.29, 1.82) is 0 Å². The summed E-state index contributed by atoms with van der Waals surface area (Å²) < 4.78 is 6.69. The summed E-state index contributed by atoms with van der Waals surface area (Å²) in [7, 11) is 1.79. The molecular formula is C19H19N9O2. The molecule has 4 rings (SSSR count). The highest BCUT2D eigenvalue weighted by atomic mass is 16.5. The van der Waals surface area contributed by atoms with Crippen molar-refractivity contribution in [3.05, 3.63) is 48.4 Å². The number of aryl methyl sites for hydroxylation is 2. The van der Waals surface area contributed by atoms with Gasteiger partial charge in [0.15, 0.2) is 11.5 Å². The molecule has 11 heteroatoms. The van der Waals surface area contributed by atoms with Gasteiger partial charge in [-0.1, -0.05) is 0 Å². The Bertz CT molecular complexity index is 1210. The van der Waals surface area contributed by atoms with Gasteiger partial charge in [0.05, 0.1) is 47.0 Å². The van der Waals surface area contributed by atoms with Crippen LogP contribution >= 0.6 is 0 Å². The molecule has 4 heterocycles. The molecule has 0 amide bonds. The number of ether oxygens (including phenoxy) is 1. The van der Waals surface area contributed by atoms with Gasteiger partial charge in [0.2, 0.25) is 5.95 Å². The van der Waals surface area contributed by atoms with Crippen molar-refractivity contribution in [3.8, 4) is 0 Å². The molecular weight excluding hydrogens is 386 g/mol. The summed E-state index contributed by atoms with van der Waals surface area (Å²) in [6.07, 6.45) is 7.86. The van der Waals surface area contributed by atoms with Crippen LogP contribution in [0, 0.1) is 6.92 Å². The second kappa shape index (κ2) is 8.07. The lowest BCUT2D eigenvalue weighted by Crippen LogP contribution is -2.07. The van der Waals surface area contributed by atoms with Crippen LogP contribution in [0.4, 0.5) is 23.1 Å². The Balaban J connectivity index is 1.64. The number of esters is 1. The van der Waals surface area contributed by atoms with Crippen LogP contribution < -0.4 is 10.6 Å². The zero-order valence-electron chi connectivity index (χ0n) is 16.6. The maximum absolute atomic E-state index is 12.0. The van der Waals surface area contributed by atoms with E-state index in [1.165, 1.54) is 12.5 Å². The van der Waals surface area contributed by atoms with Gasteiger partial charge in [-0.3, -0.25) is 4.98 Å². The number of hydrogen-bond acceptors (Lipinski definition) is 10. The zero-order valence-corrected chi connectivity index (χ0v) is 16.6. The maximum Gasteiger partial charge on any atom is 0.339 e. The highest BCUT2D eigenvalue weighted by Crippen LogP contribution is 2.26. The van der Waals surface area contributed by atoms with Crippen LogP contribution in [0.2, 0.25) is 0 Å². The van der Waals surface area contributed by atoms with Crippen molar-refractivity contribution < 1.29 is 9.53 Å². The van der Waals surface area contributed by atoms with E-state index in [-0.39, 0.29) is 0 Å². The van der Waals surface area contributed by atoms with Crippen LogP contribution in [-0.2, 0) is 11.8 Å². The van der Waals surface area contributed by atoms with Gasteiger partial charge < -0.3 is 15.4 Å². The number of nitrogens with one attached hydrogen (secondary N) is 2. The lowest BCUT2D eigenvalue weighted by Gasteiger charge is -2.09. The van der Waals surface area contributed by atoms with E-state index in [0.717, 1.165) is 0 Å². The summed E-state index contributed by atoms with van der Waals surface area (Å²) in [5.74, 6) is 0.518. The van der Waals surface area contributed by atoms with E-state index >= 15 is 0 Å². The third kappa shape index (κ3) is 3.85. The fraction of sp³-hybridized carbons (Fsp3) is 0.211. The molecule has 0 saturated heterocycles. The average molecular weight is 405 g/mol. The summed E-state index contributed by atoms with van der Waals surface area (Å²) in [6, 6.07) is 1.69. The number of fused-ring (bicyclic) bond motifs is 1. The minimum Gasteiger partial charge on any atom is -0.462 e. The Morgan fingerprint density at radius 1 is 1.13 bits per heavy atom. The van der Waals surface area contributed by atoms with Crippen molar-refractivity contribution in [3.63, 3.8) is 0 Å². The number of rotatable bonds is 6. The number of anilines is 4. The van der Waals surface area contributed by atoms with E-state index in [4.69, 9.17) is 4.74 Å². The second-order valence-corrected chi connectivity index (χ2v) is 6.36. The average Bonchev–Trinajstić information content (AvgIpc) is 3.05. The molecule has 4 aromatic heterocycles. The molecule has 0 unspecified atom stereocenters. The highest BCUT2D eigenvalue weighted by Gasteiger charge is 2.15. The third-order valence-corrected chi connectivity index (χ3v) is 4.25. The number of carbonyl (C=O) groups excluding carboxylic acids is 1. The van der Waals surface area contributed by atoms with Crippen molar-refractivity contribution in [2.75, 3.05) is 17.2 Å². The van der Waals surface area contributed by atoms with Crippen LogP contribution in [-0.4, -0.2) is 47.3 Å². The first-order valence-corrected chi connectivity index (χ1v) is 9.17. The molecule has 0 radical (unpaired) electrons. The number of aromatic nitrogens is 7. The Labute approximate surface area is 171 Å². The lowest BCUT2D eigenvalue weighted by atomic mass is 10.2. The molecule has 0 spiro atoms. The number of carbonyl (C=O) groups is 1. The molecule has 0 aliphatic carbocycles. The van der Waals surface area contributed by atoms with E-state index in [2.05, 4.69) is 40.7 Å². The molecule has 0 fully saturated rings. The second-order valence-electron chi connectivity index (χ2n) is 6.36. The Kier molecular flexibility index (Phi) is 5.16. The molecule has 4 aromatic rings. The smallest absolute Gasteiger partial charge is 0.339 e. The molecule has 30 heavy (non-hydrogen) atoms. The predicted octanol–water partition coefficient (Wildman–Crippen LogP) is 2.52. The third-order valence-electron chi connectivity index (χ3n) is 4.25. The van der Waals surface area contributed by atoms with Gasteiger partial charge in [0.25, 0.3) is 0 Å². The number of nitrogens with zero attached hydrogens (tertiary/aromatic N) is 7. The first kappa shape index (κ1) is 19.2. The van der Waals surface area contributed by atoms with E-state index < -0.39 is 5.97 Å². The molecule has 0 atom stereocenters. The highest BCUT2D eigenvalue weighted by molar-refractivity contribution is 5.92. The van der Waals surface area contributed by atoms with Crippen LogP contribution in [0.3, 0.4) is 0 Å². The Morgan fingerprint density at radius 2 is 1.93 bits per heavy atom. The maximum atomic E-state index is 12.0. The van der Waals surface area contributed by atoms with Gasteiger partial charge in [0, 0.05) is 19.4 Å². The fourth-order valence-electron chi connectivity index (χ4n) is 2.80. The first-order chi connectivity index (χ1) is 14.5. The van der Waals surface area contributed by atoms with E-state index in [9.17, 15) is 4.79 Å². The minimum absolute atomic E-state index is 0.295. The van der Waals surface area contributed by atoms with Crippen LogP contribution in [0.1, 0.15) is 23.0 Å². The largest absolute Gasteiger partial charge is 0.462 e. The SMILES string of the molecule is CCOC(=O)c1cnc(C)c(Nc2nn(C)c3nc(Nc4cncnc4)ncc23)c1. The summed E-state index contributed by atoms with van der Waals surface area (Å²) >= 11 is 0. The van der Waals surface area contributed by atoms with Crippen molar-refractivity contribution >= 4 is 40.1 Å². The zero-order chi connectivity index (χ0) is 21.1. The topological polar surface area (TPSA) is 133 Å². The first-order valence-electron chi connectivity index (χ1n) is 9.17. The van der Waals surface area contributed by atoms with Gasteiger partial charge in [-0.25, -0.2) is 24.4 Å². The van der Waals surface area contributed by atoms with Crippen LogP contribution in [0.25, 0.3) is 11.0 Å². The Morgan fingerprint density at radius 3 is 2.70 bits per heavy atom. The fourth-order valence-corrected chi connectivity index (χ4v) is 2.80. The summed E-state index contributed by atoms with van der Waals surface area (Å²) in [6.45, 7) is 3.89. The quantitative estimate of drug-likeness (QED) is 0.461. The molecule has 0 aliphatic heterocycles. The van der Waals surface area contributed by atoms with Crippen LogP contribution in [0.5, 0.6) is 0 Å². The van der Waals surface area contributed by atoms with Crippen LogP contribution in [0.15, 0.2) is 37.2 Å². The van der Waals surface area contributed by atoms with Crippen molar-refractivity contribution in [2.24, 2.45) is 7.05 Å². The lowest BCUT2D eigenvalue weighted by molar-refractivity contribution is 0.0526. The van der Waals surface area contributed by atoms with Gasteiger partial charge in [-0.2, -0.15) is 10.1 Å². The minimum atomic E-state index is -0.428. The van der Waals surface area contributed by atoms with Gasteiger partial charge in [-0.05, 0) is 19.9 Å². The number of hydrogen-bond donors (Lipinski definition) is 2. The van der Waals surface area contributed by atoms with Crippen molar-refractivity contribution in [1.82, 2.24) is 34.7 Å². The summed E-state index contributed by atoms with van der Waals surface area (Å²) in [4.78, 5) is 33.1. The standard InChI is InChI=1S/C19H19N9O2/c1-4-30-18(29)12-5-15(11(2)22-6-12)25-16-14-9-23-19(26-17(14)28(3)27-16)24-13-7-20-10-21-8-13/h5-10H,4H2,1-3H3,(H,25,27)(H,23,24,26). The van der Waals surface area contributed by atoms with Gasteiger partial charge in [0.1, 0.15) is 6.33 Å². The van der Waals surface area contributed by atoms with Gasteiger partial charge >= 0.3 is 5.97 Å². The molecule has 0 bridgehead atoms. The molecule has 11 nitrogen and oxygen atoms in total. The van der Waals surface area contributed by atoms with E-state index in [1.54, 1.807) is 43.3 Å². The van der Waals surface area contributed by atoms with E-state index in [0.29, 0.717) is 52.0 Å². The molecule has 0 aliphatic rings. The monoisotopic (exact) mass is 405 g/mol. The molecule has 2 N–H and O–H groups in total. The number of pyridine rings is 1. The van der Waals surface area contributed by atoms with Gasteiger partial charge in [-0.15, -0.1) is 0 Å². The Hall–Kier alpha value is -4.15. The predicted molar refractivity (Wildman–Crippen MR) is 110 cm³/mol. The molecule has 0 aromatic carbocycles. The summed E-state index contributed by atoms with van der Waals surface area (Å²) in [5, 5.41) is 11.5. The van der Waals surface area contributed by atoms with E-state index in [1.807, 2.05) is 6.92 Å².